The van der Waals surface area contributed by atoms with Gasteiger partial charge in [-0.2, -0.15) is 0 Å². The van der Waals surface area contributed by atoms with Gasteiger partial charge in [-0.05, 0) is 13.1 Å². The summed E-state index contributed by atoms with van der Waals surface area (Å²) in [6.07, 6.45) is 9.96. The Hall–Kier alpha value is -4.12. The SMILES string of the molecule is CC(=O)c1nccs1.CN.CN(C)/C=C/C(=O)c1nccs1.CN=C(N)N.CNc1nccc(-c2nccs2)n1. The molecule has 13 nitrogen and oxygen atoms in total. The molecule has 0 aliphatic heterocycles. The molecule has 4 aromatic rings. The third kappa shape index (κ3) is 16.0. The molecule has 0 amide bonds. The standard InChI is InChI=1S/C8H8N4S.C8H10N2OS.C5H5NOS.C2H7N3.CH5N/c1-9-8-11-3-2-6(12-8)7-10-4-5-13-7;1-10(2)5-3-7(11)8-9-4-6-12-8;1-4(7)5-6-2-3-8-5;1-5-2(3)4;1-2/h2-5H,1H3,(H,9,11,12);3-6H,1-2H3;2-3H,1H3;1H3,(H4,3,4,5);2H2,1H3/b;5-3+;;;. The molecule has 0 unspecified atom stereocenters. The number of thiazole rings is 3. The van der Waals surface area contributed by atoms with Gasteiger partial charge in [0.2, 0.25) is 11.7 Å². The highest BCUT2D eigenvalue weighted by molar-refractivity contribution is 7.13. The fourth-order valence-corrected chi connectivity index (χ4v) is 3.68. The number of carbonyl (C=O) groups is 2. The predicted molar refractivity (Wildman–Crippen MR) is 166 cm³/mol. The number of nitrogens with zero attached hydrogens (tertiary/aromatic N) is 7. The first-order valence-electron chi connectivity index (χ1n) is 11.3. The van der Waals surface area contributed by atoms with Crippen LogP contribution in [-0.2, 0) is 0 Å². The van der Waals surface area contributed by atoms with Crippen LogP contribution in [0.3, 0.4) is 0 Å². The van der Waals surface area contributed by atoms with Crippen molar-refractivity contribution in [3.63, 3.8) is 0 Å². The maximum absolute atomic E-state index is 11.2. The van der Waals surface area contributed by atoms with E-state index in [-0.39, 0.29) is 17.5 Å². The largest absolute Gasteiger partial charge is 0.383 e. The molecule has 0 fully saturated rings. The van der Waals surface area contributed by atoms with Crippen molar-refractivity contribution >= 4 is 57.5 Å². The monoisotopic (exact) mass is 605 g/mol. The van der Waals surface area contributed by atoms with E-state index in [0.717, 1.165) is 10.7 Å². The Morgan fingerprint density at radius 1 is 0.925 bits per heavy atom. The van der Waals surface area contributed by atoms with Gasteiger partial charge in [0, 0.05) is 88.3 Å². The lowest BCUT2D eigenvalue weighted by atomic mass is 10.4. The van der Waals surface area contributed by atoms with Crippen LogP contribution in [0.2, 0.25) is 0 Å². The molecular formula is C24H35N11O2S3. The topological polar surface area (TPSA) is 204 Å². The maximum Gasteiger partial charge on any atom is 0.223 e. The van der Waals surface area contributed by atoms with Crippen molar-refractivity contribution in [3.8, 4) is 10.7 Å². The van der Waals surface area contributed by atoms with Gasteiger partial charge in [0.25, 0.3) is 0 Å². The summed E-state index contributed by atoms with van der Waals surface area (Å²) in [6.45, 7) is 1.51. The summed E-state index contributed by atoms with van der Waals surface area (Å²) >= 11 is 4.29. The maximum atomic E-state index is 11.2. The predicted octanol–water partition coefficient (Wildman–Crippen LogP) is 2.85. The fourth-order valence-electron chi connectivity index (χ4n) is 1.98. The highest BCUT2D eigenvalue weighted by Crippen LogP contribution is 2.19. The van der Waals surface area contributed by atoms with E-state index in [2.05, 4.69) is 41.0 Å². The number of anilines is 1. The smallest absolute Gasteiger partial charge is 0.223 e. The van der Waals surface area contributed by atoms with Crippen LogP contribution < -0.4 is 22.5 Å². The van der Waals surface area contributed by atoms with E-state index in [0.29, 0.717) is 16.0 Å². The third-order valence-corrected chi connectivity index (χ3v) is 6.15. The number of nitrogens with two attached hydrogens (primary N) is 3. The molecule has 0 saturated heterocycles. The molecule has 0 bridgehead atoms. The molecule has 0 atom stereocenters. The summed E-state index contributed by atoms with van der Waals surface area (Å²) < 4.78 is 0. The van der Waals surface area contributed by atoms with Crippen molar-refractivity contribution in [1.29, 1.82) is 0 Å². The Morgan fingerprint density at radius 2 is 1.48 bits per heavy atom. The molecule has 4 aromatic heterocycles. The number of rotatable bonds is 6. The van der Waals surface area contributed by atoms with Gasteiger partial charge in [-0.25, -0.2) is 24.9 Å². The third-order valence-electron chi connectivity index (χ3n) is 3.69. The van der Waals surface area contributed by atoms with E-state index in [9.17, 15) is 9.59 Å². The normalized spacial score (nSPS) is 9.18. The van der Waals surface area contributed by atoms with Gasteiger partial charge in [-0.15, -0.1) is 34.0 Å². The molecule has 16 heteroatoms. The van der Waals surface area contributed by atoms with Crippen LogP contribution in [0.15, 0.2) is 64.3 Å². The molecule has 0 radical (unpaired) electrons. The summed E-state index contributed by atoms with van der Waals surface area (Å²) in [5, 5.41) is 10.4. The molecule has 40 heavy (non-hydrogen) atoms. The molecule has 216 valence electrons. The number of carbonyl (C=O) groups excluding carboxylic acids is 2. The van der Waals surface area contributed by atoms with Crippen molar-refractivity contribution in [2.75, 3.05) is 40.6 Å². The number of hydrogen-bond acceptors (Lipinski definition) is 14. The number of ketones is 2. The number of hydrogen-bond donors (Lipinski definition) is 4. The van der Waals surface area contributed by atoms with E-state index in [1.165, 1.54) is 49.8 Å². The van der Waals surface area contributed by atoms with Gasteiger partial charge in [0.15, 0.2) is 21.8 Å². The minimum absolute atomic E-state index is 0.0417. The van der Waals surface area contributed by atoms with Crippen LogP contribution in [0, 0.1) is 0 Å². The first-order valence-corrected chi connectivity index (χ1v) is 14.0. The van der Waals surface area contributed by atoms with Crippen LogP contribution >= 0.6 is 34.0 Å². The molecule has 4 heterocycles. The quantitative estimate of drug-likeness (QED) is 0.108. The van der Waals surface area contributed by atoms with E-state index >= 15 is 0 Å². The van der Waals surface area contributed by atoms with Crippen molar-refractivity contribution in [1.82, 2.24) is 29.8 Å². The van der Waals surface area contributed by atoms with Gasteiger partial charge >= 0.3 is 0 Å². The zero-order chi connectivity index (χ0) is 30.3. The zero-order valence-electron chi connectivity index (χ0n) is 23.2. The number of nitrogens with one attached hydrogen (secondary N) is 1. The van der Waals surface area contributed by atoms with Gasteiger partial charge in [-0.3, -0.25) is 14.6 Å². The molecule has 0 aliphatic carbocycles. The summed E-state index contributed by atoms with van der Waals surface area (Å²) in [7, 11) is 8.56. The van der Waals surface area contributed by atoms with Gasteiger partial charge in [0.1, 0.15) is 10.7 Å². The minimum atomic E-state index is -0.0429. The summed E-state index contributed by atoms with van der Waals surface area (Å²) in [5.41, 5.74) is 15.0. The highest BCUT2D eigenvalue weighted by Gasteiger charge is 2.03. The minimum Gasteiger partial charge on any atom is -0.383 e. The summed E-state index contributed by atoms with van der Waals surface area (Å²) in [6, 6.07) is 1.85. The Labute approximate surface area is 246 Å². The molecule has 0 saturated carbocycles. The average molecular weight is 606 g/mol. The highest BCUT2D eigenvalue weighted by atomic mass is 32.1. The lowest BCUT2D eigenvalue weighted by molar-refractivity contribution is 0.101. The first kappa shape index (κ1) is 35.9. The number of guanidine groups is 1. The second kappa shape index (κ2) is 21.8. The Morgan fingerprint density at radius 3 is 1.88 bits per heavy atom. The Bertz CT molecular complexity index is 1260. The van der Waals surface area contributed by atoms with Gasteiger partial charge < -0.3 is 27.4 Å². The Kier molecular flexibility index (Phi) is 19.5. The molecular weight excluding hydrogens is 571 g/mol. The lowest BCUT2D eigenvalue weighted by Crippen LogP contribution is -2.21. The molecule has 0 aliphatic rings. The van der Waals surface area contributed by atoms with Gasteiger partial charge in [0.05, 0.1) is 0 Å². The van der Waals surface area contributed by atoms with Crippen LogP contribution in [0.5, 0.6) is 0 Å². The molecule has 0 aromatic carbocycles. The van der Waals surface area contributed by atoms with Crippen molar-refractivity contribution in [2.24, 2.45) is 22.2 Å². The second-order valence-corrected chi connectivity index (χ2v) is 9.56. The number of Topliss-reactive ketones (excluding diaryl/α,β-unsaturated/α-hetero) is 1. The number of aromatic nitrogens is 5. The van der Waals surface area contributed by atoms with Gasteiger partial charge in [-0.1, -0.05) is 0 Å². The van der Waals surface area contributed by atoms with E-state index in [1.807, 2.05) is 30.4 Å². The average Bonchev–Trinajstić information content (AvgIpc) is 3.77. The lowest BCUT2D eigenvalue weighted by Gasteiger charge is -2.01. The van der Waals surface area contributed by atoms with Crippen LogP contribution in [-0.4, -0.2) is 82.6 Å². The van der Waals surface area contributed by atoms with E-state index in [4.69, 9.17) is 11.5 Å². The number of allylic oxidation sites excluding steroid dienone is 1. The van der Waals surface area contributed by atoms with Crippen LogP contribution in [0.1, 0.15) is 26.5 Å². The van der Waals surface area contributed by atoms with Crippen LogP contribution in [0.25, 0.3) is 10.7 Å². The summed E-state index contributed by atoms with van der Waals surface area (Å²) in [5.74, 6) is 0.747. The fraction of sp³-hybridized carbons (Fsp3) is 0.250. The Balaban J connectivity index is 0.000000522. The van der Waals surface area contributed by atoms with Crippen LogP contribution in [0.4, 0.5) is 5.95 Å². The number of aliphatic imine (C=N–C) groups is 1. The molecule has 7 N–H and O–H groups in total. The second-order valence-electron chi connectivity index (χ2n) is 6.88. The summed E-state index contributed by atoms with van der Waals surface area (Å²) in [4.78, 5) is 47.0. The van der Waals surface area contributed by atoms with Crippen molar-refractivity contribution in [3.05, 3.63) is 69.3 Å². The zero-order valence-corrected chi connectivity index (χ0v) is 25.6. The molecule has 0 spiro atoms. The first-order chi connectivity index (χ1) is 19.2. The molecule has 4 rings (SSSR count). The van der Waals surface area contributed by atoms with Crippen molar-refractivity contribution in [2.45, 2.75) is 6.92 Å². The van der Waals surface area contributed by atoms with Crippen molar-refractivity contribution < 1.29 is 9.59 Å². The van der Waals surface area contributed by atoms with E-state index < -0.39 is 0 Å². The van der Waals surface area contributed by atoms with E-state index in [1.54, 1.807) is 60.1 Å².